The minimum Gasteiger partial charge on any atom is -0.508 e. The first kappa shape index (κ1) is 13.1. The van der Waals surface area contributed by atoms with E-state index in [1.807, 2.05) is 0 Å². The summed E-state index contributed by atoms with van der Waals surface area (Å²) in [5.41, 5.74) is 1.67. The highest BCUT2D eigenvalue weighted by Gasteiger charge is 2.10. The van der Waals surface area contributed by atoms with Gasteiger partial charge in [0.2, 0.25) is 0 Å². The number of hydrogen-bond donors (Lipinski definition) is 1. The summed E-state index contributed by atoms with van der Waals surface area (Å²) in [6.07, 6.45) is 1.18. The molecule has 1 heterocycles. The molecule has 0 spiro atoms. The Hall–Kier alpha value is -1.92. The molecule has 2 aromatic carbocycles. The van der Waals surface area contributed by atoms with Gasteiger partial charge in [0.05, 0.1) is 15.1 Å². The number of sulfone groups is 1. The van der Waals surface area contributed by atoms with Gasteiger partial charge in [0, 0.05) is 11.8 Å². The van der Waals surface area contributed by atoms with Crippen LogP contribution in [0.3, 0.4) is 0 Å². The van der Waals surface area contributed by atoms with Gasteiger partial charge in [-0.2, -0.15) is 0 Å². The van der Waals surface area contributed by atoms with Gasteiger partial charge in [-0.15, -0.1) is 11.3 Å². The summed E-state index contributed by atoms with van der Waals surface area (Å²) in [4.78, 5) is 4.77. The first-order chi connectivity index (χ1) is 9.43. The molecular weight excluding hydrogens is 294 g/mol. The Kier molecular flexibility index (Phi) is 2.99. The number of hydrogen-bond acceptors (Lipinski definition) is 5. The summed E-state index contributed by atoms with van der Waals surface area (Å²) < 4.78 is 23.7. The molecule has 6 heteroatoms. The van der Waals surface area contributed by atoms with Crippen LogP contribution in [-0.2, 0) is 9.84 Å². The van der Waals surface area contributed by atoms with Crippen LogP contribution in [0.25, 0.3) is 20.8 Å². The van der Waals surface area contributed by atoms with Crippen molar-refractivity contribution in [3.63, 3.8) is 0 Å². The van der Waals surface area contributed by atoms with Crippen LogP contribution in [-0.4, -0.2) is 24.8 Å². The summed E-state index contributed by atoms with van der Waals surface area (Å²) in [6.45, 7) is 0. The van der Waals surface area contributed by atoms with Crippen molar-refractivity contribution in [1.82, 2.24) is 4.98 Å². The lowest BCUT2D eigenvalue weighted by Crippen LogP contribution is -1.96. The second-order valence-corrected chi connectivity index (χ2v) is 7.51. The Morgan fingerprint density at radius 1 is 1.10 bits per heavy atom. The second kappa shape index (κ2) is 4.57. The van der Waals surface area contributed by atoms with E-state index < -0.39 is 9.84 Å². The Bertz CT molecular complexity index is 880. The molecule has 4 nitrogen and oxygen atoms in total. The van der Waals surface area contributed by atoms with Crippen molar-refractivity contribution in [2.75, 3.05) is 6.26 Å². The molecule has 0 aliphatic heterocycles. The number of benzene rings is 2. The maximum Gasteiger partial charge on any atom is 0.175 e. The van der Waals surface area contributed by atoms with E-state index in [-0.39, 0.29) is 5.75 Å². The van der Waals surface area contributed by atoms with E-state index in [1.54, 1.807) is 42.5 Å². The number of aromatic nitrogens is 1. The fourth-order valence-corrected chi connectivity index (χ4v) is 3.52. The zero-order valence-electron chi connectivity index (χ0n) is 10.6. The normalized spacial score (nSPS) is 11.8. The average Bonchev–Trinajstić information content (AvgIpc) is 2.80. The van der Waals surface area contributed by atoms with Gasteiger partial charge in [0.1, 0.15) is 10.8 Å². The van der Waals surface area contributed by atoms with Gasteiger partial charge in [-0.05, 0) is 30.3 Å². The third-order valence-electron chi connectivity index (χ3n) is 2.90. The van der Waals surface area contributed by atoms with Crippen molar-refractivity contribution in [2.45, 2.75) is 4.90 Å². The fourth-order valence-electron chi connectivity index (χ4n) is 1.88. The Morgan fingerprint density at radius 2 is 1.80 bits per heavy atom. The molecule has 0 aliphatic rings. The molecule has 0 atom stereocenters. The summed E-state index contributed by atoms with van der Waals surface area (Å²) in [7, 11) is -3.18. The maximum absolute atomic E-state index is 11.4. The fraction of sp³-hybridized carbons (Fsp3) is 0.0714. The molecule has 0 bridgehead atoms. The topological polar surface area (TPSA) is 67.3 Å². The molecule has 0 radical (unpaired) electrons. The van der Waals surface area contributed by atoms with E-state index in [1.165, 1.54) is 17.6 Å². The van der Waals surface area contributed by atoms with Crippen molar-refractivity contribution in [3.8, 4) is 16.3 Å². The predicted octanol–water partition coefficient (Wildman–Crippen LogP) is 3.07. The Labute approximate surface area is 120 Å². The molecule has 0 unspecified atom stereocenters. The van der Waals surface area contributed by atoms with Crippen molar-refractivity contribution in [2.24, 2.45) is 0 Å². The first-order valence-corrected chi connectivity index (χ1v) is 8.54. The molecule has 102 valence electrons. The van der Waals surface area contributed by atoms with Crippen molar-refractivity contribution < 1.29 is 13.5 Å². The molecule has 0 saturated carbocycles. The van der Waals surface area contributed by atoms with Gasteiger partial charge in [0.25, 0.3) is 0 Å². The maximum atomic E-state index is 11.4. The van der Waals surface area contributed by atoms with Crippen LogP contribution in [0.1, 0.15) is 0 Å². The molecule has 0 amide bonds. The Balaban J connectivity index is 2.07. The Morgan fingerprint density at radius 3 is 2.45 bits per heavy atom. The largest absolute Gasteiger partial charge is 0.508 e. The van der Waals surface area contributed by atoms with Gasteiger partial charge >= 0.3 is 0 Å². The molecule has 0 saturated heterocycles. The van der Waals surface area contributed by atoms with Gasteiger partial charge in [-0.25, -0.2) is 13.4 Å². The lowest BCUT2D eigenvalue weighted by Gasteiger charge is -1.99. The van der Waals surface area contributed by atoms with Crippen LogP contribution in [0.2, 0.25) is 0 Å². The van der Waals surface area contributed by atoms with Crippen LogP contribution in [0, 0.1) is 0 Å². The standard InChI is InChI=1S/C14H11NO3S2/c1-20(17,18)11-5-2-9(3-6-11)14-15-12-7-4-10(16)8-13(12)19-14/h2-8,16H,1H3. The lowest BCUT2D eigenvalue weighted by atomic mass is 10.2. The molecule has 0 fully saturated rings. The number of aromatic hydroxyl groups is 1. The van der Waals surface area contributed by atoms with E-state index in [2.05, 4.69) is 4.98 Å². The predicted molar refractivity (Wildman–Crippen MR) is 79.8 cm³/mol. The highest BCUT2D eigenvalue weighted by molar-refractivity contribution is 7.90. The van der Waals surface area contributed by atoms with Crippen LogP contribution in [0.15, 0.2) is 47.4 Å². The average molecular weight is 305 g/mol. The van der Waals surface area contributed by atoms with E-state index in [0.717, 1.165) is 20.8 Å². The molecule has 1 aromatic heterocycles. The molecule has 3 aromatic rings. The van der Waals surface area contributed by atoms with E-state index in [9.17, 15) is 13.5 Å². The molecular formula is C14H11NO3S2. The summed E-state index contributed by atoms with van der Waals surface area (Å²) in [5, 5.41) is 10.2. The smallest absolute Gasteiger partial charge is 0.175 e. The molecule has 3 rings (SSSR count). The number of rotatable bonds is 2. The van der Waals surface area contributed by atoms with Crippen LogP contribution >= 0.6 is 11.3 Å². The highest BCUT2D eigenvalue weighted by Crippen LogP contribution is 2.32. The minimum absolute atomic E-state index is 0.208. The number of phenols is 1. The SMILES string of the molecule is CS(=O)(=O)c1ccc(-c2nc3ccc(O)cc3s2)cc1. The number of fused-ring (bicyclic) bond motifs is 1. The third kappa shape index (κ3) is 2.39. The molecule has 20 heavy (non-hydrogen) atoms. The van der Waals surface area contributed by atoms with Crippen LogP contribution in [0.4, 0.5) is 0 Å². The summed E-state index contributed by atoms with van der Waals surface area (Å²) in [6, 6.07) is 11.7. The number of nitrogens with zero attached hydrogens (tertiary/aromatic N) is 1. The van der Waals surface area contributed by atoms with Gasteiger partial charge in [-0.3, -0.25) is 0 Å². The van der Waals surface area contributed by atoms with Crippen molar-refractivity contribution >= 4 is 31.4 Å². The van der Waals surface area contributed by atoms with Gasteiger partial charge in [0.15, 0.2) is 9.84 Å². The van der Waals surface area contributed by atoms with Crippen molar-refractivity contribution in [1.29, 1.82) is 0 Å². The third-order valence-corrected chi connectivity index (χ3v) is 5.10. The van der Waals surface area contributed by atoms with Gasteiger partial charge < -0.3 is 5.11 Å². The summed E-state index contributed by atoms with van der Waals surface area (Å²) in [5.74, 6) is 0.208. The van der Waals surface area contributed by atoms with Crippen LogP contribution in [0.5, 0.6) is 5.75 Å². The van der Waals surface area contributed by atoms with Crippen molar-refractivity contribution in [3.05, 3.63) is 42.5 Å². The van der Waals surface area contributed by atoms with E-state index in [0.29, 0.717) is 4.90 Å². The zero-order valence-corrected chi connectivity index (χ0v) is 12.2. The first-order valence-electron chi connectivity index (χ1n) is 5.83. The molecule has 1 N–H and O–H groups in total. The lowest BCUT2D eigenvalue weighted by molar-refractivity contribution is 0.476. The number of phenolic OH excluding ortho intramolecular Hbond substituents is 1. The quantitative estimate of drug-likeness (QED) is 0.790. The monoisotopic (exact) mass is 305 g/mol. The van der Waals surface area contributed by atoms with Gasteiger partial charge in [-0.1, -0.05) is 12.1 Å². The second-order valence-electron chi connectivity index (χ2n) is 4.47. The molecule has 0 aliphatic carbocycles. The van der Waals surface area contributed by atoms with Crippen LogP contribution < -0.4 is 0 Å². The van der Waals surface area contributed by atoms with E-state index in [4.69, 9.17) is 0 Å². The zero-order chi connectivity index (χ0) is 14.3. The minimum atomic E-state index is -3.18. The van der Waals surface area contributed by atoms with E-state index >= 15 is 0 Å². The number of thiazole rings is 1. The highest BCUT2D eigenvalue weighted by atomic mass is 32.2. The summed E-state index contributed by atoms with van der Waals surface area (Å²) >= 11 is 1.46.